The van der Waals surface area contributed by atoms with Crippen LogP contribution in [0, 0.1) is 6.92 Å². The number of nitrogens with one attached hydrogen (secondary N) is 1. The zero-order chi connectivity index (χ0) is 28.0. The summed E-state index contributed by atoms with van der Waals surface area (Å²) in [5.41, 5.74) is 5.20. The number of benzene rings is 3. The smallest absolute Gasteiger partial charge is 0.251 e. The number of aryl methyl sites for hydroxylation is 1. The van der Waals surface area contributed by atoms with Crippen LogP contribution in [0.2, 0.25) is 0 Å². The van der Waals surface area contributed by atoms with Crippen LogP contribution in [0.4, 0.5) is 0 Å². The number of hydrogen-bond acceptors (Lipinski definition) is 5. The number of piperazine rings is 1. The van der Waals surface area contributed by atoms with Crippen LogP contribution in [-0.2, 0) is 29.7 Å². The van der Waals surface area contributed by atoms with Gasteiger partial charge in [0.15, 0.2) is 0 Å². The highest BCUT2D eigenvalue weighted by atomic mass is 32.2. The Kier molecular flexibility index (Phi) is 9.32. The first-order chi connectivity index (χ1) is 19.4. The monoisotopic (exact) mass is 560 g/mol. The Hall–Kier alpha value is -3.04. The highest BCUT2D eigenvalue weighted by molar-refractivity contribution is 7.89. The molecule has 0 saturated carbocycles. The van der Waals surface area contributed by atoms with E-state index in [1.165, 1.54) is 37.9 Å². The normalized spacial score (nSPS) is 17.5. The largest absolute Gasteiger partial charge is 0.348 e. The van der Waals surface area contributed by atoms with E-state index >= 15 is 0 Å². The lowest BCUT2D eigenvalue weighted by Crippen LogP contribution is -2.48. The molecule has 40 heavy (non-hydrogen) atoms. The van der Waals surface area contributed by atoms with E-state index in [1.807, 2.05) is 43.3 Å². The van der Waals surface area contributed by atoms with Crippen LogP contribution in [0.25, 0.3) is 0 Å². The highest BCUT2D eigenvalue weighted by Crippen LogP contribution is 2.19. The van der Waals surface area contributed by atoms with Crippen molar-refractivity contribution in [2.45, 2.75) is 50.7 Å². The number of sulfonamides is 1. The second-order valence-electron chi connectivity index (χ2n) is 11.0. The Morgan fingerprint density at radius 1 is 0.725 bits per heavy atom. The first-order valence-corrected chi connectivity index (χ1v) is 15.8. The van der Waals surface area contributed by atoms with Gasteiger partial charge in [0, 0.05) is 51.4 Å². The number of nitrogens with zero attached hydrogens (tertiary/aromatic N) is 3. The summed E-state index contributed by atoms with van der Waals surface area (Å²) in [7, 11) is -3.47. The van der Waals surface area contributed by atoms with Gasteiger partial charge < -0.3 is 5.32 Å². The fraction of sp³-hybridized carbons (Fsp3) is 0.406. The Bertz CT molecular complexity index is 1380. The third-order valence-corrected chi connectivity index (χ3v) is 9.82. The van der Waals surface area contributed by atoms with E-state index in [9.17, 15) is 13.2 Å². The third kappa shape index (κ3) is 7.37. The zero-order valence-corrected chi connectivity index (χ0v) is 24.2. The van der Waals surface area contributed by atoms with Crippen LogP contribution in [0.1, 0.15) is 51.9 Å². The molecule has 3 aromatic carbocycles. The number of carbonyl (C=O) groups is 1. The van der Waals surface area contributed by atoms with Crippen molar-refractivity contribution < 1.29 is 13.2 Å². The molecule has 0 radical (unpaired) electrons. The SMILES string of the molecule is Cc1ccc(S(=O)(=O)N2CCN(Cc3ccc(C(=O)NCc4cccc(CN5CCCCC5)c4)cc3)CC2)cc1. The maximum absolute atomic E-state index is 13.0. The molecule has 2 aliphatic rings. The van der Waals surface area contributed by atoms with E-state index in [4.69, 9.17) is 0 Å². The zero-order valence-electron chi connectivity index (χ0n) is 23.4. The quantitative estimate of drug-likeness (QED) is 0.420. The maximum atomic E-state index is 13.0. The molecule has 3 aromatic rings. The van der Waals surface area contributed by atoms with Crippen LogP contribution >= 0.6 is 0 Å². The van der Waals surface area contributed by atoms with Gasteiger partial charge in [-0.3, -0.25) is 14.6 Å². The number of likely N-dealkylation sites (tertiary alicyclic amines) is 1. The molecule has 2 saturated heterocycles. The second kappa shape index (κ2) is 13.1. The number of amides is 1. The lowest BCUT2D eigenvalue weighted by atomic mass is 10.1. The predicted octanol–water partition coefficient (Wildman–Crippen LogP) is 4.42. The minimum absolute atomic E-state index is 0.0806. The minimum Gasteiger partial charge on any atom is -0.348 e. The number of carbonyl (C=O) groups excluding carboxylic acids is 1. The minimum atomic E-state index is -3.47. The number of piperidine rings is 1. The average molecular weight is 561 g/mol. The van der Waals surface area contributed by atoms with Crippen LogP contribution in [-0.4, -0.2) is 67.7 Å². The third-order valence-electron chi connectivity index (χ3n) is 7.91. The molecular weight excluding hydrogens is 520 g/mol. The molecule has 1 amide bonds. The highest BCUT2D eigenvalue weighted by Gasteiger charge is 2.28. The van der Waals surface area contributed by atoms with Gasteiger partial charge >= 0.3 is 0 Å². The lowest BCUT2D eigenvalue weighted by molar-refractivity contribution is 0.0951. The lowest BCUT2D eigenvalue weighted by Gasteiger charge is -2.34. The molecule has 0 aromatic heterocycles. The van der Waals surface area contributed by atoms with E-state index in [1.54, 1.807) is 16.4 Å². The van der Waals surface area contributed by atoms with Crippen LogP contribution < -0.4 is 5.32 Å². The standard InChI is InChI=1S/C32H40N4O3S/c1-26-8-14-31(15-9-26)40(38,39)36-20-18-35(19-21-36)24-27-10-12-30(13-11-27)32(37)33-23-28-6-5-7-29(22-28)25-34-16-3-2-4-17-34/h5-15,22H,2-4,16-21,23-25H2,1H3,(H,33,37). The van der Waals surface area contributed by atoms with Crippen molar-refractivity contribution >= 4 is 15.9 Å². The summed E-state index contributed by atoms with van der Waals surface area (Å²) in [6, 6.07) is 23.3. The molecule has 2 fully saturated rings. The molecule has 0 bridgehead atoms. The second-order valence-corrected chi connectivity index (χ2v) is 13.0. The van der Waals surface area contributed by atoms with E-state index in [-0.39, 0.29) is 5.91 Å². The summed E-state index contributed by atoms with van der Waals surface area (Å²) in [6.45, 7) is 8.77. The molecule has 2 heterocycles. The fourth-order valence-corrected chi connectivity index (χ4v) is 6.93. The average Bonchev–Trinajstić information content (AvgIpc) is 2.98. The van der Waals surface area contributed by atoms with Crippen molar-refractivity contribution in [3.63, 3.8) is 0 Å². The van der Waals surface area contributed by atoms with Crippen LogP contribution in [0.15, 0.2) is 77.7 Å². The van der Waals surface area contributed by atoms with Crippen LogP contribution in [0.3, 0.4) is 0 Å². The van der Waals surface area contributed by atoms with Gasteiger partial charge in [0.1, 0.15) is 0 Å². The summed E-state index contributed by atoms with van der Waals surface area (Å²) in [5, 5.41) is 3.06. The Labute approximate surface area is 238 Å². The summed E-state index contributed by atoms with van der Waals surface area (Å²) in [5.74, 6) is -0.0806. The summed E-state index contributed by atoms with van der Waals surface area (Å²) >= 11 is 0. The van der Waals surface area contributed by atoms with Crippen molar-refractivity contribution in [1.82, 2.24) is 19.4 Å². The van der Waals surface area contributed by atoms with E-state index in [0.717, 1.165) is 29.8 Å². The van der Waals surface area contributed by atoms with E-state index < -0.39 is 10.0 Å². The van der Waals surface area contributed by atoms with Gasteiger partial charge in [0.05, 0.1) is 4.90 Å². The van der Waals surface area contributed by atoms with Gasteiger partial charge in [0.2, 0.25) is 10.0 Å². The Morgan fingerprint density at radius 2 is 1.35 bits per heavy atom. The van der Waals surface area contributed by atoms with Crippen molar-refractivity contribution in [2.75, 3.05) is 39.3 Å². The summed E-state index contributed by atoms with van der Waals surface area (Å²) in [6.07, 6.45) is 3.90. The molecule has 8 heteroatoms. The van der Waals surface area contributed by atoms with Crippen LogP contribution in [0.5, 0.6) is 0 Å². The van der Waals surface area contributed by atoms with Gasteiger partial charge in [-0.2, -0.15) is 4.31 Å². The van der Waals surface area contributed by atoms with Crippen molar-refractivity contribution in [2.24, 2.45) is 0 Å². The first-order valence-electron chi connectivity index (χ1n) is 14.3. The molecule has 0 atom stereocenters. The number of rotatable bonds is 9. The van der Waals surface area contributed by atoms with Gasteiger partial charge in [-0.1, -0.05) is 60.5 Å². The molecule has 0 unspecified atom stereocenters. The Balaban J connectivity index is 1.08. The van der Waals surface area contributed by atoms with Gasteiger partial charge in [-0.25, -0.2) is 8.42 Å². The molecule has 0 spiro atoms. The predicted molar refractivity (Wildman–Crippen MR) is 158 cm³/mol. The first kappa shape index (κ1) is 28.5. The molecule has 0 aliphatic carbocycles. The Morgan fingerprint density at radius 3 is 2.05 bits per heavy atom. The van der Waals surface area contributed by atoms with Gasteiger partial charge in [-0.15, -0.1) is 0 Å². The fourth-order valence-electron chi connectivity index (χ4n) is 5.51. The summed E-state index contributed by atoms with van der Waals surface area (Å²) < 4.78 is 27.5. The van der Waals surface area contributed by atoms with Gasteiger partial charge in [-0.05, 0) is 73.8 Å². The molecular formula is C32H40N4O3S. The molecule has 1 N–H and O–H groups in total. The van der Waals surface area contributed by atoms with Crippen molar-refractivity contribution in [1.29, 1.82) is 0 Å². The molecule has 7 nitrogen and oxygen atoms in total. The van der Waals surface area contributed by atoms with E-state index in [2.05, 4.69) is 39.4 Å². The maximum Gasteiger partial charge on any atom is 0.251 e. The van der Waals surface area contributed by atoms with Crippen molar-refractivity contribution in [3.05, 3.63) is 101 Å². The van der Waals surface area contributed by atoms with Crippen molar-refractivity contribution in [3.8, 4) is 0 Å². The topological polar surface area (TPSA) is 73.0 Å². The van der Waals surface area contributed by atoms with E-state index in [0.29, 0.717) is 43.2 Å². The molecule has 2 aliphatic heterocycles. The summed E-state index contributed by atoms with van der Waals surface area (Å²) in [4.78, 5) is 17.9. The number of hydrogen-bond donors (Lipinski definition) is 1. The molecule has 5 rings (SSSR count). The molecule has 212 valence electrons. The van der Waals surface area contributed by atoms with Gasteiger partial charge in [0.25, 0.3) is 5.91 Å².